The van der Waals surface area contributed by atoms with Crippen LogP contribution in [-0.4, -0.2) is 34.5 Å². The zero-order chi connectivity index (χ0) is 22.4. The highest BCUT2D eigenvalue weighted by atomic mass is 35.5. The van der Waals surface area contributed by atoms with Gasteiger partial charge in [0.1, 0.15) is 11.0 Å². The summed E-state index contributed by atoms with van der Waals surface area (Å²) in [5, 5.41) is 7.29. The fraction of sp³-hybridized carbons (Fsp3) is 0.136. The number of aryl methyl sites for hydroxylation is 1. The molecule has 1 aromatic heterocycles. The van der Waals surface area contributed by atoms with E-state index in [2.05, 4.69) is 10.4 Å². The van der Waals surface area contributed by atoms with Gasteiger partial charge in [0, 0.05) is 16.5 Å². The van der Waals surface area contributed by atoms with Gasteiger partial charge in [-0.25, -0.2) is 13.9 Å². The average molecular weight is 460 g/mol. The molecule has 1 N–H and O–H groups in total. The van der Waals surface area contributed by atoms with Crippen molar-refractivity contribution in [3.05, 3.63) is 76.8 Å². The zero-order valence-electron chi connectivity index (χ0n) is 16.8. The fourth-order valence-corrected chi connectivity index (χ4v) is 3.61. The van der Waals surface area contributed by atoms with Crippen LogP contribution in [0.4, 0.5) is 10.1 Å². The van der Waals surface area contributed by atoms with Crippen molar-refractivity contribution in [3.8, 4) is 5.69 Å². The van der Waals surface area contributed by atoms with Gasteiger partial charge in [-0.15, -0.1) is 11.8 Å². The van der Waals surface area contributed by atoms with Crippen LogP contribution in [0.15, 0.2) is 59.5 Å². The molecule has 0 saturated carbocycles. The molecule has 3 aromatic rings. The minimum Gasteiger partial charge on any atom is -0.452 e. The van der Waals surface area contributed by atoms with Gasteiger partial charge >= 0.3 is 5.97 Å². The summed E-state index contributed by atoms with van der Waals surface area (Å²) in [6, 6.07) is 13.0. The summed E-state index contributed by atoms with van der Waals surface area (Å²) in [4.78, 5) is 25.0. The maximum atomic E-state index is 13.1. The number of anilines is 1. The van der Waals surface area contributed by atoms with Crippen LogP contribution in [0.2, 0.25) is 5.15 Å². The van der Waals surface area contributed by atoms with Gasteiger partial charge in [0.2, 0.25) is 0 Å². The molecule has 0 spiro atoms. The first-order valence-corrected chi connectivity index (χ1v) is 10.8. The molecule has 0 bridgehead atoms. The standard InChI is InChI=1S/C22H19ClFN3O3S/c1-14-17(22(23)27(26-14)16-9-7-15(24)8-10-16)11-12-21(29)30-13-20(28)25-18-5-3-4-6-19(18)31-2/h3-12H,13H2,1-2H3,(H,25,28)/b12-11+. The number of hydrogen-bond acceptors (Lipinski definition) is 5. The lowest BCUT2D eigenvalue weighted by atomic mass is 10.2. The summed E-state index contributed by atoms with van der Waals surface area (Å²) in [5.41, 5.74) is 2.33. The molecule has 0 aliphatic carbocycles. The number of ether oxygens (including phenoxy) is 1. The molecular weight excluding hydrogens is 441 g/mol. The van der Waals surface area contributed by atoms with Crippen LogP contribution in [0, 0.1) is 12.7 Å². The summed E-state index contributed by atoms with van der Waals surface area (Å²) >= 11 is 7.87. The third kappa shape index (κ3) is 5.74. The Morgan fingerprint density at radius 2 is 1.94 bits per heavy atom. The Hall–Kier alpha value is -3.10. The second-order valence-electron chi connectivity index (χ2n) is 6.37. The van der Waals surface area contributed by atoms with Crippen molar-refractivity contribution in [1.29, 1.82) is 0 Å². The largest absolute Gasteiger partial charge is 0.452 e. The molecule has 1 amide bonds. The summed E-state index contributed by atoms with van der Waals surface area (Å²) in [6.07, 6.45) is 4.54. The quantitative estimate of drug-likeness (QED) is 0.309. The van der Waals surface area contributed by atoms with Crippen LogP contribution >= 0.6 is 23.4 Å². The normalized spacial score (nSPS) is 11.0. The third-order valence-electron chi connectivity index (χ3n) is 4.23. The van der Waals surface area contributed by atoms with Crippen molar-refractivity contribution in [2.45, 2.75) is 11.8 Å². The first kappa shape index (κ1) is 22.6. The van der Waals surface area contributed by atoms with Crippen LogP contribution in [0.5, 0.6) is 0 Å². The molecule has 0 saturated heterocycles. The number of nitrogens with zero attached hydrogens (tertiary/aromatic N) is 2. The van der Waals surface area contributed by atoms with Crippen LogP contribution < -0.4 is 5.32 Å². The van der Waals surface area contributed by atoms with Crippen LogP contribution in [0.3, 0.4) is 0 Å². The van der Waals surface area contributed by atoms with Crippen molar-refractivity contribution in [3.63, 3.8) is 0 Å². The Morgan fingerprint density at radius 3 is 2.65 bits per heavy atom. The SMILES string of the molecule is CSc1ccccc1NC(=O)COC(=O)/C=C/c1c(C)nn(-c2ccc(F)cc2)c1Cl. The third-order valence-corrected chi connectivity index (χ3v) is 5.39. The van der Waals surface area contributed by atoms with Crippen molar-refractivity contribution < 1.29 is 18.7 Å². The van der Waals surface area contributed by atoms with E-state index >= 15 is 0 Å². The molecule has 0 aliphatic heterocycles. The first-order valence-electron chi connectivity index (χ1n) is 9.18. The Balaban J connectivity index is 1.61. The lowest BCUT2D eigenvalue weighted by Gasteiger charge is -2.09. The van der Waals surface area contributed by atoms with Gasteiger partial charge in [0.25, 0.3) is 5.91 Å². The minimum atomic E-state index is -0.696. The van der Waals surface area contributed by atoms with E-state index in [1.807, 2.05) is 24.5 Å². The van der Waals surface area contributed by atoms with Crippen LogP contribution in [0.25, 0.3) is 11.8 Å². The molecule has 0 aliphatic rings. The topological polar surface area (TPSA) is 73.2 Å². The highest BCUT2D eigenvalue weighted by Gasteiger charge is 2.14. The van der Waals surface area contributed by atoms with Crippen LogP contribution in [-0.2, 0) is 14.3 Å². The predicted molar refractivity (Wildman–Crippen MR) is 120 cm³/mol. The van der Waals surface area contributed by atoms with E-state index in [0.29, 0.717) is 22.6 Å². The predicted octanol–water partition coefficient (Wildman–Crippen LogP) is 4.89. The van der Waals surface area contributed by atoms with E-state index in [1.54, 1.807) is 25.1 Å². The van der Waals surface area contributed by atoms with Gasteiger partial charge in [0.15, 0.2) is 6.61 Å². The van der Waals surface area contributed by atoms with Crippen molar-refractivity contribution in [1.82, 2.24) is 9.78 Å². The summed E-state index contributed by atoms with van der Waals surface area (Å²) in [5.74, 6) is -1.51. The van der Waals surface area contributed by atoms with E-state index in [1.165, 1.54) is 40.7 Å². The molecule has 2 aromatic carbocycles. The maximum absolute atomic E-state index is 13.1. The summed E-state index contributed by atoms with van der Waals surface area (Å²) < 4.78 is 19.6. The number of carbonyl (C=O) groups excluding carboxylic acids is 2. The average Bonchev–Trinajstić information content (AvgIpc) is 3.05. The van der Waals surface area contributed by atoms with Crippen molar-refractivity contribution >= 4 is 47.0 Å². The van der Waals surface area contributed by atoms with Crippen molar-refractivity contribution in [2.75, 3.05) is 18.2 Å². The molecule has 9 heteroatoms. The molecule has 1 heterocycles. The zero-order valence-corrected chi connectivity index (χ0v) is 18.3. The molecule has 0 fully saturated rings. The van der Waals surface area contributed by atoms with Gasteiger partial charge in [0.05, 0.1) is 17.1 Å². The van der Waals surface area contributed by atoms with Gasteiger partial charge in [-0.2, -0.15) is 5.10 Å². The number of nitrogens with one attached hydrogen (secondary N) is 1. The maximum Gasteiger partial charge on any atom is 0.331 e. The number of halogens is 2. The summed E-state index contributed by atoms with van der Waals surface area (Å²) in [6.45, 7) is 1.31. The number of rotatable bonds is 7. The number of hydrogen-bond donors (Lipinski definition) is 1. The lowest BCUT2D eigenvalue weighted by Crippen LogP contribution is -2.20. The van der Waals surface area contributed by atoms with Gasteiger partial charge < -0.3 is 10.1 Å². The second kappa shape index (κ2) is 10.3. The number of carbonyl (C=O) groups is 2. The van der Waals surface area contributed by atoms with E-state index in [0.717, 1.165) is 4.90 Å². The molecule has 0 radical (unpaired) electrons. The Morgan fingerprint density at radius 1 is 1.23 bits per heavy atom. The van der Waals surface area contributed by atoms with Gasteiger partial charge in [-0.3, -0.25) is 4.79 Å². The number of thioether (sulfide) groups is 1. The Labute approximate surface area is 188 Å². The molecule has 0 unspecified atom stereocenters. The smallest absolute Gasteiger partial charge is 0.331 e. The number of benzene rings is 2. The molecule has 3 rings (SSSR count). The second-order valence-corrected chi connectivity index (χ2v) is 7.57. The first-order chi connectivity index (χ1) is 14.9. The highest BCUT2D eigenvalue weighted by molar-refractivity contribution is 7.98. The van der Waals surface area contributed by atoms with Gasteiger partial charge in [-0.1, -0.05) is 23.7 Å². The van der Waals surface area contributed by atoms with Crippen LogP contribution in [0.1, 0.15) is 11.3 Å². The Bertz CT molecular complexity index is 1130. The molecule has 6 nitrogen and oxygen atoms in total. The number of aromatic nitrogens is 2. The fourth-order valence-electron chi connectivity index (χ4n) is 2.72. The lowest BCUT2D eigenvalue weighted by molar-refractivity contribution is -0.142. The molecule has 160 valence electrons. The van der Waals surface area contributed by atoms with E-state index in [4.69, 9.17) is 16.3 Å². The molecule has 0 atom stereocenters. The van der Waals surface area contributed by atoms with Gasteiger partial charge in [-0.05, 0) is 55.7 Å². The number of para-hydroxylation sites is 1. The number of esters is 1. The molecular formula is C22H19ClFN3O3S. The molecule has 31 heavy (non-hydrogen) atoms. The van der Waals surface area contributed by atoms with E-state index in [9.17, 15) is 14.0 Å². The van der Waals surface area contributed by atoms with E-state index in [-0.39, 0.29) is 11.0 Å². The highest BCUT2D eigenvalue weighted by Crippen LogP contribution is 2.25. The van der Waals surface area contributed by atoms with E-state index < -0.39 is 18.5 Å². The monoisotopic (exact) mass is 459 g/mol. The Kier molecular flexibility index (Phi) is 7.49. The number of amides is 1. The minimum absolute atomic E-state index is 0.263. The summed E-state index contributed by atoms with van der Waals surface area (Å²) in [7, 11) is 0. The van der Waals surface area contributed by atoms with Crippen molar-refractivity contribution in [2.24, 2.45) is 0 Å².